The molecule has 9 aromatic rings. The highest BCUT2D eigenvalue weighted by atomic mass is 28.3. The molecule has 10 rings (SSSR count). The van der Waals surface area contributed by atoms with E-state index in [9.17, 15) is 0 Å². The predicted molar refractivity (Wildman–Crippen MR) is 524 cm³/mol. The van der Waals surface area contributed by atoms with Crippen LogP contribution < -0.4 is 15.6 Å². The Morgan fingerprint density at radius 1 is 0.178 bits per heavy atom. The van der Waals surface area contributed by atoms with Crippen molar-refractivity contribution < 1.29 is 0 Å². The normalized spacial score (nSPS) is 15.0. The van der Waals surface area contributed by atoms with Gasteiger partial charge in [0.05, 0.1) is 0 Å². The monoisotopic (exact) mass is 1590 g/mol. The van der Waals surface area contributed by atoms with Crippen molar-refractivity contribution >= 4 is 23.6 Å². The summed E-state index contributed by atoms with van der Waals surface area (Å²) in [6, 6.07) is 70.8. The van der Waals surface area contributed by atoms with Gasteiger partial charge in [-0.25, -0.2) is 0 Å². The van der Waals surface area contributed by atoms with E-state index in [1.165, 1.54) is 166 Å². The van der Waals surface area contributed by atoms with E-state index in [-0.39, 0.29) is 70.9 Å². The van der Waals surface area contributed by atoms with Crippen LogP contribution in [0.2, 0.25) is 0 Å². The van der Waals surface area contributed by atoms with Crippen molar-refractivity contribution in [1.82, 2.24) is 0 Å². The van der Waals surface area contributed by atoms with Gasteiger partial charge in [0.15, 0.2) is 8.07 Å². The second-order valence-corrected chi connectivity index (χ2v) is 53.3. The van der Waals surface area contributed by atoms with Gasteiger partial charge in [-0.2, -0.15) is 0 Å². The Morgan fingerprint density at radius 2 is 0.305 bits per heavy atom. The molecule has 9 aromatic carbocycles. The molecule has 1 atom stereocenters. The molecule has 0 heterocycles. The van der Waals surface area contributed by atoms with E-state index in [1.807, 2.05) is 0 Å². The molecule has 1 aliphatic rings. The first kappa shape index (κ1) is 93.0. The average molecular weight is 1590 g/mol. The summed E-state index contributed by atoms with van der Waals surface area (Å²) in [6.45, 7) is 96.7. The van der Waals surface area contributed by atoms with Gasteiger partial charge in [0.25, 0.3) is 0 Å². The Kier molecular flexibility index (Phi) is 25.6. The lowest BCUT2D eigenvalue weighted by Gasteiger charge is -2.40. The highest BCUT2D eigenvalue weighted by molar-refractivity contribution is 7.16. The zero-order valence-corrected chi connectivity index (χ0v) is 83.4. The van der Waals surface area contributed by atoms with Gasteiger partial charge in [-0.1, -0.05) is 436 Å². The zero-order valence-electron chi connectivity index (χ0n) is 82.4. The molecule has 0 bridgehead atoms. The van der Waals surface area contributed by atoms with Gasteiger partial charge in [-0.3, -0.25) is 0 Å². The maximum absolute atomic E-state index is 3.74. The molecule has 0 saturated carbocycles. The molecule has 118 heavy (non-hydrogen) atoms. The molecule has 0 saturated heterocycles. The van der Waals surface area contributed by atoms with E-state index in [0.29, 0.717) is 0 Å². The van der Waals surface area contributed by atoms with Crippen LogP contribution in [0.1, 0.15) is 410 Å². The summed E-state index contributed by atoms with van der Waals surface area (Å²) >= 11 is 0. The number of benzene rings is 9. The Hall–Kier alpha value is -7.32. The summed E-state index contributed by atoms with van der Waals surface area (Å²) in [5, 5.41) is 6.05. The standard InChI is InChI=1S/C117H160Si/c1-74-75(2)77(4)105(76(74)3)118(102-62-78(44-84-50-90(106(5,6)7)68-91(51-84)107(8,9)10)41-79(63-102)45-85-52-92(108(11,12)13)69-93(53-85)109(14,15)16,103-64-80(46-86-54-94(110(17,18)19)70-95(55-86)111(20,21)22)42-81(65-103)47-87-56-96(112(23,24)25)71-97(57-87)113(26,27)28)104-66-82(48-88-58-98(114(29,30)31)72-99(59-88)115(32,33)34)43-83(67-104)49-89-60-100(116(35,36)37)73-101(61-89)117(38,39)40/h41-43,50-73,76H,44-49H2,1-40H3. The first-order chi connectivity index (χ1) is 53.5. The fourth-order valence-corrected chi connectivity index (χ4v) is 23.8. The minimum atomic E-state index is -3.74. The van der Waals surface area contributed by atoms with Crippen LogP contribution in [0.5, 0.6) is 0 Å². The van der Waals surface area contributed by atoms with Crippen LogP contribution >= 0.6 is 0 Å². The smallest absolute Gasteiger partial charge is 0.0636 e. The van der Waals surface area contributed by atoms with E-state index in [4.69, 9.17) is 0 Å². The highest BCUT2D eigenvalue weighted by Gasteiger charge is 2.50. The largest absolute Gasteiger partial charge is 0.176 e. The van der Waals surface area contributed by atoms with Crippen LogP contribution in [-0.4, -0.2) is 8.07 Å². The van der Waals surface area contributed by atoms with Crippen LogP contribution in [-0.2, 0) is 104 Å². The number of rotatable bonds is 16. The Bertz CT molecular complexity index is 4310. The maximum Gasteiger partial charge on any atom is 0.176 e. The van der Waals surface area contributed by atoms with Crippen LogP contribution in [0.4, 0.5) is 0 Å². The van der Waals surface area contributed by atoms with Crippen molar-refractivity contribution in [2.24, 2.45) is 5.92 Å². The van der Waals surface area contributed by atoms with Gasteiger partial charge in [0, 0.05) is 0 Å². The second kappa shape index (κ2) is 32.5. The van der Waals surface area contributed by atoms with Crippen LogP contribution in [0, 0.1) is 5.92 Å². The van der Waals surface area contributed by atoms with Crippen LogP contribution in [0.15, 0.2) is 186 Å². The molecule has 1 unspecified atom stereocenters. The molecule has 0 aliphatic heterocycles. The average Bonchev–Trinajstić information content (AvgIpc) is 1.59. The second-order valence-electron chi connectivity index (χ2n) is 49.5. The van der Waals surface area contributed by atoms with E-state index < -0.39 is 8.07 Å². The molecule has 0 nitrogen and oxygen atoms in total. The minimum Gasteiger partial charge on any atom is -0.0636 e. The van der Waals surface area contributed by atoms with Crippen molar-refractivity contribution in [2.45, 2.75) is 380 Å². The summed E-state index contributed by atoms with van der Waals surface area (Å²) in [6.07, 6.45) is 4.80. The predicted octanol–water partition coefficient (Wildman–Crippen LogP) is 30.1. The third kappa shape index (κ3) is 21.8. The molecule has 0 fully saturated rings. The van der Waals surface area contributed by atoms with Gasteiger partial charge < -0.3 is 0 Å². The molecule has 0 spiro atoms. The number of hydrogen-bond acceptors (Lipinski definition) is 0. The quantitative estimate of drug-likeness (QED) is 0.0668. The maximum atomic E-state index is 2.81. The lowest BCUT2D eigenvalue weighted by molar-refractivity contribution is 0.566. The fraction of sp³-hybridized carbons (Fsp3) is 0.504. The Morgan fingerprint density at radius 3 is 0.415 bits per heavy atom. The van der Waals surface area contributed by atoms with Crippen molar-refractivity contribution in [1.29, 1.82) is 0 Å². The lowest BCUT2D eigenvalue weighted by atomic mass is 9.78. The molecule has 0 amide bonds. The third-order valence-electron chi connectivity index (χ3n) is 26.3. The minimum absolute atomic E-state index is 0.0554. The van der Waals surface area contributed by atoms with Gasteiger partial charge in [0.2, 0.25) is 0 Å². The van der Waals surface area contributed by atoms with E-state index in [0.717, 1.165) is 38.5 Å². The summed E-state index contributed by atoms with van der Waals surface area (Å²) < 4.78 is 0. The molecule has 0 aromatic heterocycles. The van der Waals surface area contributed by atoms with Gasteiger partial charge in [0.1, 0.15) is 0 Å². The molecule has 0 radical (unpaired) electrons. The molecule has 632 valence electrons. The molecule has 1 heteroatoms. The van der Waals surface area contributed by atoms with E-state index >= 15 is 0 Å². The van der Waals surface area contributed by atoms with Crippen molar-refractivity contribution in [2.75, 3.05) is 0 Å². The summed E-state index contributed by atoms with van der Waals surface area (Å²) in [7, 11) is -3.74. The van der Waals surface area contributed by atoms with Crippen molar-refractivity contribution in [3.63, 3.8) is 0 Å². The lowest BCUT2D eigenvalue weighted by Crippen LogP contribution is -2.70. The van der Waals surface area contributed by atoms with Gasteiger partial charge in [-0.15, -0.1) is 0 Å². The van der Waals surface area contributed by atoms with E-state index in [2.05, 4.69) is 441 Å². The van der Waals surface area contributed by atoms with E-state index in [1.54, 1.807) is 5.20 Å². The van der Waals surface area contributed by atoms with Crippen LogP contribution in [0.25, 0.3) is 0 Å². The topological polar surface area (TPSA) is 0 Å². The molecule has 1 aliphatic carbocycles. The summed E-state index contributed by atoms with van der Waals surface area (Å²) in [5.41, 5.74) is 37.0. The Labute approximate surface area is 724 Å². The first-order valence-corrected chi connectivity index (χ1v) is 47.2. The third-order valence-corrected chi connectivity index (χ3v) is 31.4. The SMILES string of the molecule is CC1=C(C)C(C)C([Si](c2cc(Cc3cc(C(C)(C)C)cc(C(C)(C)C)c3)cc(Cc3cc(C(C)(C)C)cc(C(C)(C)C)c3)c2)(c2cc(Cc3cc(C(C)(C)C)cc(C(C)(C)C)c3)cc(Cc3cc(C(C)(C)C)cc(C(C)(C)C)c3)c2)c2cc(Cc3cc(C(C)(C)C)cc(C(C)(C)C)c3)cc(Cc3cc(C(C)(C)C)cc(C(C)(C)C)c3)c2)=C1C. The van der Waals surface area contributed by atoms with Crippen molar-refractivity contribution in [3.05, 3.63) is 319 Å². The van der Waals surface area contributed by atoms with Crippen molar-refractivity contribution in [3.8, 4) is 0 Å². The molecular formula is C117H160Si. The Balaban J connectivity index is 1.49. The molecular weight excluding hydrogens is 1430 g/mol. The van der Waals surface area contributed by atoms with Crippen LogP contribution in [0.3, 0.4) is 0 Å². The zero-order chi connectivity index (χ0) is 88.3. The fourth-order valence-electron chi connectivity index (χ4n) is 17.9. The molecule has 0 N–H and O–H groups in total. The number of hydrogen-bond donors (Lipinski definition) is 0. The number of allylic oxidation sites excluding steroid dienone is 4. The first-order valence-electron chi connectivity index (χ1n) is 45.2. The van der Waals surface area contributed by atoms with Gasteiger partial charge in [-0.05, 0) is 285 Å². The summed E-state index contributed by atoms with van der Waals surface area (Å²) in [5.74, 6) is 0.139. The van der Waals surface area contributed by atoms with Gasteiger partial charge >= 0.3 is 0 Å². The summed E-state index contributed by atoms with van der Waals surface area (Å²) in [4.78, 5) is 0. The highest BCUT2D eigenvalue weighted by Crippen LogP contribution is 2.45.